The zero-order valence-electron chi connectivity index (χ0n) is 17.0. The minimum absolute atomic E-state index is 0.173. The number of anilines is 1. The third-order valence-electron chi connectivity index (χ3n) is 5.56. The van der Waals surface area contributed by atoms with Gasteiger partial charge in [-0.25, -0.2) is 9.69 Å². The van der Waals surface area contributed by atoms with Gasteiger partial charge < -0.3 is 14.8 Å². The summed E-state index contributed by atoms with van der Waals surface area (Å²) in [7, 11) is 2.78. The zero-order valence-corrected chi connectivity index (χ0v) is 18.6. The molecule has 2 aliphatic carbocycles. The molecule has 30 heavy (non-hydrogen) atoms. The molecule has 0 radical (unpaired) electrons. The van der Waals surface area contributed by atoms with Crippen molar-refractivity contribution in [2.24, 2.45) is 5.92 Å². The van der Waals surface area contributed by atoms with Crippen molar-refractivity contribution in [3.8, 4) is 11.5 Å². The fourth-order valence-electron chi connectivity index (χ4n) is 3.70. The summed E-state index contributed by atoms with van der Waals surface area (Å²) in [5, 5.41) is 3.11. The second-order valence-corrected chi connectivity index (χ2v) is 10.2. The predicted octanol–water partition coefficient (Wildman–Crippen LogP) is 6.22. The van der Waals surface area contributed by atoms with Gasteiger partial charge >= 0.3 is 11.3 Å². The van der Waals surface area contributed by atoms with E-state index in [-0.39, 0.29) is 12.0 Å². The molecule has 1 heterocycles. The fraction of sp³-hybridized carbons (Fsp3) is 0.455. The largest absolute Gasteiger partial charge is 0.454 e. The van der Waals surface area contributed by atoms with E-state index in [1.807, 2.05) is 12.2 Å². The number of fused-ring (bicyclic) bond motifs is 1. The second kappa shape index (κ2) is 9.83. The highest BCUT2D eigenvalue weighted by Gasteiger charge is 2.27. The van der Waals surface area contributed by atoms with Crippen molar-refractivity contribution in [2.75, 3.05) is 18.7 Å². The molecule has 1 aromatic rings. The van der Waals surface area contributed by atoms with Crippen molar-refractivity contribution in [3.63, 3.8) is 0 Å². The summed E-state index contributed by atoms with van der Waals surface area (Å²) in [5.74, 6) is 1.54. The number of hydrogen-bond donors (Lipinski definition) is 1. The Labute approximate surface area is 184 Å². The highest BCUT2D eigenvalue weighted by Crippen LogP contribution is 2.39. The Morgan fingerprint density at radius 1 is 1.20 bits per heavy atom. The van der Waals surface area contributed by atoms with Crippen LogP contribution >= 0.6 is 21.6 Å². The van der Waals surface area contributed by atoms with E-state index in [9.17, 15) is 9.59 Å². The number of urea groups is 1. The summed E-state index contributed by atoms with van der Waals surface area (Å²) in [6.07, 6.45) is 11.8. The molecule has 0 spiro atoms. The second-order valence-electron chi connectivity index (χ2n) is 7.74. The van der Waals surface area contributed by atoms with Crippen LogP contribution in [0, 0.1) is 5.92 Å². The van der Waals surface area contributed by atoms with Gasteiger partial charge in [-0.2, -0.15) is 0 Å². The Kier molecular flexibility index (Phi) is 6.94. The van der Waals surface area contributed by atoms with Gasteiger partial charge in [0.05, 0.1) is 6.54 Å². The maximum Gasteiger partial charge on any atom is 0.329 e. The first-order valence-corrected chi connectivity index (χ1v) is 12.5. The van der Waals surface area contributed by atoms with Crippen LogP contribution in [0.25, 0.3) is 0 Å². The van der Waals surface area contributed by atoms with Crippen molar-refractivity contribution >= 4 is 38.5 Å². The molecule has 1 fully saturated rings. The van der Waals surface area contributed by atoms with Crippen LogP contribution in [0.2, 0.25) is 0 Å². The molecule has 1 atom stereocenters. The number of imide groups is 1. The first kappa shape index (κ1) is 21.2. The summed E-state index contributed by atoms with van der Waals surface area (Å²) in [5.41, 5.74) is 1.65. The van der Waals surface area contributed by atoms with E-state index in [1.165, 1.54) is 28.5 Å². The molecule has 1 aliphatic heterocycles. The minimum atomic E-state index is -0.430. The van der Waals surface area contributed by atoms with Crippen molar-refractivity contribution < 1.29 is 19.1 Å². The van der Waals surface area contributed by atoms with Gasteiger partial charge in [-0.1, -0.05) is 48.8 Å². The van der Waals surface area contributed by atoms with Crippen LogP contribution in [-0.2, 0) is 0 Å². The van der Waals surface area contributed by atoms with Crippen molar-refractivity contribution in [1.29, 1.82) is 0 Å². The molecule has 1 unspecified atom stereocenters. The van der Waals surface area contributed by atoms with Gasteiger partial charge in [0.1, 0.15) is 0 Å². The number of nitrogens with one attached hydrogen (secondary N) is 1. The fourth-order valence-corrected chi connectivity index (χ4v) is 6.19. The summed E-state index contributed by atoms with van der Waals surface area (Å²) >= 11 is 0. The Balaban J connectivity index is 1.46. The van der Waals surface area contributed by atoms with Crippen LogP contribution in [0.15, 0.2) is 42.0 Å². The molecule has 3 amide bonds. The molecule has 0 aromatic heterocycles. The number of amides is 3. The number of rotatable bonds is 5. The monoisotopic (exact) mass is 446 g/mol. The molecule has 160 valence electrons. The smallest absolute Gasteiger partial charge is 0.329 e. The Morgan fingerprint density at radius 3 is 2.80 bits per heavy atom. The van der Waals surface area contributed by atoms with Gasteiger partial charge in [0.2, 0.25) is 6.79 Å². The third-order valence-corrected chi connectivity index (χ3v) is 8.29. The highest BCUT2D eigenvalue weighted by molar-refractivity contribution is 8.82. The number of carbonyl (C=O) groups excluding carboxylic acids is 2. The van der Waals surface area contributed by atoms with E-state index < -0.39 is 6.03 Å². The number of hydrogen-bond acceptors (Lipinski definition) is 6. The van der Waals surface area contributed by atoms with Crippen molar-refractivity contribution in [2.45, 2.75) is 44.3 Å². The lowest BCUT2D eigenvalue weighted by Gasteiger charge is -2.26. The summed E-state index contributed by atoms with van der Waals surface area (Å²) < 4.78 is 10.7. The van der Waals surface area contributed by atoms with E-state index in [0.717, 1.165) is 24.8 Å². The molecule has 1 N–H and O–H groups in total. The van der Waals surface area contributed by atoms with Gasteiger partial charge in [-0.15, -0.1) is 0 Å². The molecule has 0 saturated heterocycles. The van der Waals surface area contributed by atoms with Gasteiger partial charge in [0.15, 0.2) is 11.5 Å². The van der Waals surface area contributed by atoms with Crippen LogP contribution in [0.3, 0.4) is 0 Å². The number of ether oxygens (including phenoxy) is 2. The molecular weight excluding hydrogens is 420 g/mol. The van der Waals surface area contributed by atoms with Gasteiger partial charge in [-0.3, -0.25) is 4.79 Å². The average Bonchev–Trinajstić information content (AvgIpc) is 3.42. The molecule has 6 nitrogen and oxygen atoms in total. The van der Waals surface area contributed by atoms with Crippen LogP contribution in [0.1, 0.15) is 39.0 Å². The lowest BCUT2D eigenvalue weighted by molar-refractivity contribution is 0.174. The normalized spacial score (nSPS) is 20.2. The SMILES string of the molecule is CC1CC=CC=C1CN(C(=O)Nc1ccc2c(c1)OCO2)C(=O)SSC1CCCC1. The predicted molar refractivity (Wildman–Crippen MR) is 122 cm³/mol. The maximum atomic E-state index is 13.1. The molecule has 4 rings (SSSR count). The van der Waals surface area contributed by atoms with Crippen molar-refractivity contribution in [1.82, 2.24) is 4.90 Å². The van der Waals surface area contributed by atoms with E-state index in [4.69, 9.17) is 9.47 Å². The Bertz CT molecular complexity index is 865. The lowest BCUT2D eigenvalue weighted by atomic mass is 9.93. The maximum absolute atomic E-state index is 13.1. The molecular formula is C22H26N2O4S2. The van der Waals surface area contributed by atoms with E-state index >= 15 is 0 Å². The van der Waals surface area contributed by atoms with Crippen molar-refractivity contribution in [3.05, 3.63) is 42.0 Å². The minimum Gasteiger partial charge on any atom is -0.454 e. The average molecular weight is 447 g/mol. The molecule has 3 aliphatic rings. The quantitative estimate of drug-likeness (QED) is 0.542. The number of nitrogens with zero attached hydrogens (tertiary/aromatic N) is 1. The third kappa shape index (κ3) is 5.16. The zero-order chi connectivity index (χ0) is 20.9. The Hall–Kier alpha value is -2.06. The lowest BCUT2D eigenvalue weighted by Crippen LogP contribution is -2.39. The van der Waals surface area contributed by atoms with Gasteiger partial charge in [-0.05, 0) is 42.9 Å². The van der Waals surface area contributed by atoms with Crippen LogP contribution in [0.4, 0.5) is 15.3 Å². The Morgan fingerprint density at radius 2 is 2.00 bits per heavy atom. The molecule has 0 bridgehead atoms. The topological polar surface area (TPSA) is 67.9 Å². The first-order chi connectivity index (χ1) is 14.6. The van der Waals surface area contributed by atoms with Gasteiger partial charge in [0, 0.05) is 27.8 Å². The summed E-state index contributed by atoms with van der Waals surface area (Å²) in [6.45, 7) is 2.58. The highest BCUT2D eigenvalue weighted by atomic mass is 33.1. The van der Waals surface area contributed by atoms with Gasteiger partial charge in [0.25, 0.3) is 0 Å². The number of benzene rings is 1. The number of allylic oxidation sites excluding steroid dienone is 3. The van der Waals surface area contributed by atoms with E-state index in [0.29, 0.717) is 34.9 Å². The summed E-state index contributed by atoms with van der Waals surface area (Å²) in [4.78, 5) is 27.4. The first-order valence-electron chi connectivity index (χ1n) is 10.3. The van der Waals surface area contributed by atoms with Crippen LogP contribution in [0.5, 0.6) is 11.5 Å². The molecule has 1 aromatic carbocycles. The van der Waals surface area contributed by atoms with E-state index in [1.54, 1.807) is 29.0 Å². The van der Waals surface area contributed by atoms with Crippen LogP contribution in [-0.4, -0.2) is 34.8 Å². The standard InChI is InChI=1S/C22H26N2O4S2/c1-15-6-2-3-7-16(15)13-24(22(26)30-29-18-8-4-5-9-18)21(25)23-17-10-11-19-20(12-17)28-14-27-19/h2-3,7,10-12,15,18H,4-6,8-9,13-14H2,1H3,(H,23,25). The molecule has 8 heteroatoms. The van der Waals surface area contributed by atoms with E-state index in [2.05, 4.69) is 18.3 Å². The number of carbonyl (C=O) groups is 2. The molecule has 1 saturated carbocycles. The van der Waals surface area contributed by atoms with Crippen LogP contribution < -0.4 is 14.8 Å². The summed E-state index contributed by atoms with van der Waals surface area (Å²) in [6, 6.07) is 4.79.